The highest BCUT2D eigenvalue weighted by molar-refractivity contribution is 7.89. The van der Waals surface area contributed by atoms with Crippen LogP contribution in [0, 0.1) is 0 Å². The Labute approximate surface area is 183 Å². The number of hydrazone groups is 1. The first-order chi connectivity index (χ1) is 15.0. The number of amides is 1. The van der Waals surface area contributed by atoms with E-state index in [1.807, 2.05) is 0 Å². The molecule has 0 bridgehead atoms. The quantitative estimate of drug-likeness (QED) is 0.704. The van der Waals surface area contributed by atoms with Gasteiger partial charge in [0.1, 0.15) is 0 Å². The van der Waals surface area contributed by atoms with Crippen molar-refractivity contribution < 1.29 is 31.5 Å². The molecule has 0 aliphatic carbocycles. The van der Waals surface area contributed by atoms with Gasteiger partial charge in [-0.05, 0) is 23.8 Å². The first-order valence-electron chi connectivity index (χ1n) is 9.82. The lowest BCUT2D eigenvalue weighted by Gasteiger charge is -2.32. The summed E-state index contributed by atoms with van der Waals surface area (Å²) in [5.41, 5.74) is -3.71. The Morgan fingerprint density at radius 3 is 2.31 bits per heavy atom. The fraction of sp³-hybridized carbons (Fsp3) is 0.333. The average molecular weight is 469 g/mol. The number of sulfonamides is 1. The van der Waals surface area contributed by atoms with E-state index < -0.39 is 34.3 Å². The van der Waals surface area contributed by atoms with E-state index in [-0.39, 0.29) is 34.3 Å². The molecular weight excluding hydrogens is 447 g/mol. The summed E-state index contributed by atoms with van der Waals surface area (Å²) in [5.74, 6) is -1.27. The highest BCUT2D eigenvalue weighted by Gasteiger charge is 2.63. The third kappa shape index (κ3) is 4.15. The number of halogens is 3. The molecule has 11 heteroatoms. The molecule has 0 saturated heterocycles. The lowest BCUT2D eigenvalue weighted by Crippen LogP contribution is -2.56. The van der Waals surface area contributed by atoms with Gasteiger partial charge >= 0.3 is 6.18 Å². The summed E-state index contributed by atoms with van der Waals surface area (Å²) in [5, 5.41) is 14.3. The maximum absolute atomic E-state index is 13.8. The minimum absolute atomic E-state index is 0.0154. The van der Waals surface area contributed by atoms with Gasteiger partial charge in [-0.25, -0.2) is 8.42 Å². The molecule has 1 aliphatic heterocycles. The summed E-state index contributed by atoms with van der Waals surface area (Å²) in [7, 11) is -3.95. The van der Waals surface area contributed by atoms with Crippen LogP contribution in [0.2, 0.25) is 0 Å². The van der Waals surface area contributed by atoms with Crippen LogP contribution in [0.3, 0.4) is 0 Å². The van der Waals surface area contributed by atoms with Crippen molar-refractivity contribution >= 4 is 21.6 Å². The number of alkyl halides is 3. The van der Waals surface area contributed by atoms with Crippen LogP contribution < -0.4 is 0 Å². The van der Waals surface area contributed by atoms with E-state index in [0.717, 1.165) is 10.4 Å². The first-order valence-corrected chi connectivity index (χ1v) is 11.3. The van der Waals surface area contributed by atoms with Crippen molar-refractivity contribution in [2.75, 3.05) is 13.1 Å². The van der Waals surface area contributed by atoms with Gasteiger partial charge in [0.15, 0.2) is 0 Å². The lowest BCUT2D eigenvalue weighted by molar-refractivity contribution is -0.297. The Kier molecular flexibility index (Phi) is 6.45. The minimum Gasteiger partial charge on any atom is -0.362 e. The zero-order chi connectivity index (χ0) is 23.7. The van der Waals surface area contributed by atoms with Gasteiger partial charge in [-0.1, -0.05) is 50.2 Å². The van der Waals surface area contributed by atoms with Crippen molar-refractivity contribution in [1.82, 2.24) is 9.31 Å². The zero-order valence-electron chi connectivity index (χ0n) is 17.4. The number of hydrogen-bond acceptors (Lipinski definition) is 5. The van der Waals surface area contributed by atoms with Gasteiger partial charge in [0.2, 0.25) is 10.0 Å². The molecule has 1 aliphatic rings. The molecule has 0 radical (unpaired) electrons. The minimum atomic E-state index is -5.20. The van der Waals surface area contributed by atoms with Crippen molar-refractivity contribution in [3.63, 3.8) is 0 Å². The fourth-order valence-electron chi connectivity index (χ4n) is 3.40. The Balaban J connectivity index is 2.05. The molecule has 0 spiro atoms. The molecule has 1 amide bonds. The van der Waals surface area contributed by atoms with Gasteiger partial charge in [0.25, 0.3) is 11.6 Å². The second kappa shape index (κ2) is 8.64. The normalized spacial score (nSPS) is 19.3. The van der Waals surface area contributed by atoms with Gasteiger partial charge < -0.3 is 5.11 Å². The second-order valence-corrected chi connectivity index (χ2v) is 9.08. The summed E-state index contributed by atoms with van der Waals surface area (Å²) in [6.45, 7) is 3.65. The van der Waals surface area contributed by atoms with Crippen LogP contribution in [-0.4, -0.2) is 59.4 Å². The van der Waals surface area contributed by atoms with Crippen molar-refractivity contribution in [2.24, 2.45) is 5.10 Å². The summed E-state index contributed by atoms with van der Waals surface area (Å²) in [6, 6.07) is 12.6. The number of aliphatic hydroxyl groups is 1. The molecule has 1 heterocycles. The molecule has 1 atom stereocenters. The maximum Gasteiger partial charge on any atom is 0.438 e. The van der Waals surface area contributed by atoms with E-state index in [1.54, 1.807) is 32.0 Å². The van der Waals surface area contributed by atoms with Crippen LogP contribution in [0.1, 0.15) is 36.2 Å². The molecule has 1 N–H and O–H groups in total. The summed E-state index contributed by atoms with van der Waals surface area (Å²) in [4.78, 5) is 12.8. The molecule has 0 saturated carbocycles. The van der Waals surface area contributed by atoms with Crippen molar-refractivity contribution in [2.45, 2.75) is 37.1 Å². The van der Waals surface area contributed by atoms with E-state index in [4.69, 9.17) is 0 Å². The van der Waals surface area contributed by atoms with Crippen molar-refractivity contribution in [3.8, 4) is 0 Å². The van der Waals surface area contributed by atoms with Crippen molar-refractivity contribution in [3.05, 3.63) is 65.7 Å². The number of carbonyl (C=O) groups is 1. The van der Waals surface area contributed by atoms with Gasteiger partial charge in [0, 0.05) is 18.7 Å². The molecule has 3 rings (SSSR count). The van der Waals surface area contributed by atoms with Gasteiger partial charge in [-0.3, -0.25) is 4.79 Å². The van der Waals surface area contributed by atoms with Gasteiger partial charge in [-0.15, -0.1) is 0 Å². The smallest absolute Gasteiger partial charge is 0.362 e. The monoisotopic (exact) mass is 469 g/mol. The first kappa shape index (κ1) is 23.9. The predicted molar refractivity (Wildman–Crippen MR) is 111 cm³/mol. The Morgan fingerprint density at radius 1 is 1.12 bits per heavy atom. The third-order valence-electron chi connectivity index (χ3n) is 5.16. The zero-order valence-corrected chi connectivity index (χ0v) is 18.2. The van der Waals surface area contributed by atoms with Crippen LogP contribution in [0.15, 0.2) is 64.6 Å². The third-order valence-corrected chi connectivity index (χ3v) is 7.21. The van der Waals surface area contributed by atoms with Crippen LogP contribution in [0.4, 0.5) is 13.2 Å². The molecule has 172 valence electrons. The van der Waals surface area contributed by atoms with Crippen molar-refractivity contribution in [1.29, 1.82) is 0 Å². The van der Waals surface area contributed by atoms with Gasteiger partial charge in [0.05, 0.1) is 17.0 Å². The highest BCUT2D eigenvalue weighted by Crippen LogP contribution is 2.42. The maximum atomic E-state index is 13.8. The SMILES string of the molecule is CCN(CC)S(=O)(=O)c1cccc(C(=O)N2N=C(c3ccccc3)CC2(O)C(F)(F)F)c1. The predicted octanol–water partition coefficient (Wildman–Crippen LogP) is 3.22. The summed E-state index contributed by atoms with van der Waals surface area (Å²) >= 11 is 0. The van der Waals surface area contributed by atoms with Gasteiger partial charge in [-0.2, -0.15) is 27.6 Å². The van der Waals surface area contributed by atoms with Crippen LogP contribution in [0.5, 0.6) is 0 Å². The standard InChI is InChI=1S/C21H22F3N3O4S/c1-3-26(4-2)32(30,31)17-12-8-11-16(13-17)19(28)27-20(29,21(22,23)24)14-18(25-27)15-9-6-5-7-10-15/h5-13,29H,3-4,14H2,1-2H3. The molecule has 2 aromatic rings. The Morgan fingerprint density at radius 2 is 1.75 bits per heavy atom. The molecule has 2 aromatic carbocycles. The van der Waals surface area contributed by atoms with E-state index in [0.29, 0.717) is 5.56 Å². The number of carbonyl (C=O) groups excluding carboxylic acids is 1. The summed E-state index contributed by atoms with van der Waals surface area (Å²) in [6.07, 6.45) is -6.16. The Bertz CT molecular complexity index is 1130. The fourth-order valence-corrected chi connectivity index (χ4v) is 4.90. The molecule has 7 nitrogen and oxygen atoms in total. The molecule has 0 aromatic heterocycles. The topological polar surface area (TPSA) is 90.3 Å². The second-order valence-electron chi connectivity index (χ2n) is 7.14. The van der Waals surface area contributed by atoms with Crippen LogP contribution in [-0.2, 0) is 10.0 Å². The summed E-state index contributed by atoms with van der Waals surface area (Å²) < 4.78 is 68.1. The number of rotatable bonds is 6. The molecular formula is C21H22F3N3O4S. The number of benzene rings is 2. The largest absolute Gasteiger partial charge is 0.438 e. The van der Waals surface area contributed by atoms with E-state index >= 15 is 0 Å². The molecule has 0 fully saturated rings. The number of nitrogens with zero attached hydrogens (tertiary/aromatic N) is 3. The highest BCUT2D eigenvalue weighted by atomic mass is 32.2. The van der Waals surface area contributed by atoms with Crippen LogP contribution in [0.25, 0.3) is 0 Å². The van der Waals surface area contributed by atoms with Crippen LogP contribution >= 0.6 is 0 Å². The van der Waals surface area contributed by atoms with E-state index in [9.17, 15) is 31.5 Å². The Hall–Kier alpha value is -2.76. The number of hydrogen-bond donors (Lipinski definition) is 1. The average Bonchev–Trinajstić information content (AvgIpc) is 3.13. The molecule has 32 heavy (non-hydrogen) atoms. The lowest BCUT2D eigenvalue weighted by atomic mass is 10.0. The molecule has 1 unspecified atom stereocenters. The van der Waals surface area contributed by atoms with E-state index in [1.165, 1.54) is 30.3 Å². The van der Waals surface area contributed by atoms with E-state index in [2.05, 4.69) is 5.10 Å².